The Balaban J connectivity index is 1.86. The number of hydrogen-bond acceptors (Lipinski definition) is 3. The third-order valence-electron chi connectivity index (χ3n) is 4.59. The van der Waals surface area contributed by atoms with E-state index in [0.717, 1.165) is 13.0 Å². The van der Waals surface area contributed by atoms with Gasteiger partial charge in [0.2, 0.25) is 5.91 Å². The van der Waals surface area contributed by atoms with Gasteiger partial charge in [-0.3, -0.25) is 4.79 Å². The topological polar surface area (TPSA) is 69.6 Å². The number of carbonyl (C=O) groups is 2. The van der Waals surface area contributed by atoms with Crippen LogP contribution >= 0.6 is 0 Å². The van der Waals surface area contributed by atoms with E-state index in [-0.39, 0.29) is 11.5 Å². The van der Waals surface area contributed by atoms with Crippen LogP contribution in [-0.2, 0) is 4.79 Å². The minimum Gasteiger partial charge on any atom is -0.478 e. The minimum atomic E-state index is -0.999. The Kier molecular flexibility index (Phi) is 5.07. The normalized spacial score (nSPS) is 13.9. The minimum absolute atomic E-state index is 0.198. The highest BCUT2D eigenvalue weighted by Crippen LogP contribution is 2.30. The molecular weight excluding hydrogens is 328 g/mol. The van der Waals surface area contributed by atoms with Gasteiger partial charge in [0, 0.05) is 25.7 Å². The summed E-state index contributed by atoms with van der Waals surface area (Å²) in [6.45, 7) is 4.91. The maximum Gasteiger partial charge on any atom is 0.337 e. The van der Waals surface area contributed by atoms with Crippen molar-refractivity contribution in [2.24, 2.45) is 0 Å². The number of carbonyl (C=O) groups excluding carboxylic acids is 1. The van der Waals surface area contributed by atoms with Gasteiger partial charge in [-0.2, -0.15) is 0 Å². The molecule has 0 saturated heterocycles. The number of nitrogens with zero attached hydrogens (tertiary/aromatic N) is 1. The molecule has 1 amide bonds. The SMILES string of the molecule is CC(=O)Nc1ccc(N2CC=C(c3ccccc3C)CC2)c(C(=O)O)c1. The smallest absolute Gasteiger partial charge is 0.337 e. The molecule has 1 aliphatic rings. The van der Waals surface area contributed by atoms with Gasteiger partial charge in [-0.05, 0) is 48.2 Å². The predicted molar refractivity (Wildman–Crippen MR) is 104 cm³/mol. The van der Waals surface area contributed by atoms with Crippen LogP contribution in [0.2, 0.25) is 0 Å². The molecule has 0 atom stereocenters. The van der Waals surface area contributed by atoms with Gasteiger partial charge in [0.05, 0.1) is 11.3 Å². The molecule has 0 saturated carbocycles. The first-order chi connectivity index (χ1) is 12.5. The van der Waals surface area contributed by atoms with Crippen molar-refractivity contribution in [3.63, 3.8) is 0 Å². The average molecular weight is 350 g/mol. The molecule has 5 heteroatoms. The first kappa shape index (κ1) is 17.7. The van der Waals surface area contributed by atoms with Gasteiger partial charge in [0.25, 0.3) is 0 Å². The molecular formula is C21H22N2O3. The molecule has 1 heterocycles. The number of amides is 1. The highest BCUT2D eigenvalue weighted by Gasteiger charge is 2.20. The van der Waals surface area contributed by atoms with E-state index in [0.29, 0.717) is 17.9 Å². The zero-order chi connectivity index (χ0) is 18.7. The lowest BCUT2D eigenvalue weighted by Gasteiger charge is -2.30. The molecule has 0 aliphatic carbocycles. The van der Waals surface area contributed by atoms with Crippen LogP contribution in [-0.4, -0.2) is 30.1 Å². The molecule has 0 bridgehead atoms. The van der Waals surface area contributed by atoms with E-state index in [1.54, 1.807) is 12.1 Å². The van der Waals surface area contributed by atoms with Gasteiger partial charge in [0.15, 0.2) is 0 Å². The Labute approximate surface area is 153 Å². The van der Waals surface area contributed by atoms with Gasteiger partial charge in [-0.25, -0.2) is 4.79 Å². The summed E-state index contributed by atoms with van der Waals surface area (Å²) in [6, 6.07) is 13.3. The van der Waals surface area contributed by atoms with E-state index >= 15 is 0 Å². The summed E-state index contributed by atoms with van der Waals surface area (Å²) in [6.07, 6.45) is 3.02. The van der Waals surface area contributed by atoms with Crippen molar-refractivity contribution in [3.05, 3.63) is 65.2 Å². The number of aryl methyl sites for hydroxylation is 1. The number of carboxylic acid groups (broad SMARTS) is 1. The standard InChI is InChI=1S/C21H22N2O3/c1-14-5-3-4-6-18(14)16-9-11-23(12-10-16)20-8-7-17(22-15(2)24)13-19(20)21(25)26/h3-9,13H,10-12H2,1-2H3,(H,22,24)(H,25,26). The molecule has 5 nitrogen and oxygen atoms in total. The molecule has 0 unspecified atom stereocenters. The fourth-order valence-electron chi connectivity index (χ4n) is 3.33. The van der Waals surface area contributed by atoms with E-state index in [1.807, 2.05) is 12.1 Å². The molecule has 0 radical (unpaired) electrons. The highest BCUT2D eigenvalue weighted by atomic mass is 16.4. The number of aromatic carboxylic acids is 1. The first-order valence-corrected chi connectivity index (χ1v) is 8.60. The largest absolute Gasteiger partial charge is 0.478 e. The lowest BCUT2D eigenvalue weighted by molar-refractivity contribution is -0.114. The zero-order valence-electron chi connectivity index (χ0n) is 15.0. The quantitative estimate of drug-likeness (QED) is 0.876. The third-order valence-corrected chi connectivity index (χ3v) is 4.59. The molecule has 0 aromatic heterocycles. The van der Waals surface area contributed by atoms with Gasteiger partial charge in [-0.1, -0.05) is 30.3 Å². The predicted octanol–water partition coefficient (Wildman–Crippen LogP) is 3.95. The van der Waals surface area contributed by atoms with Crippen molar-refractivity contribution < 1.29 is 14.7 Å². The molecule has 1 aliphatic heterocycles. The fraction of sp³-hybridized carbons (Fsp3) is 0.238. The van der Waals surface area contributed by atoms with Crippen LogP contribution in [0, 0.1) is 6.92 Å². The van der Waals surface area contributed by atoms with Gasteiger partial charge >= 0.3 is 5.97 Å². The fourth-order valence-corrected chi connectivity index (χ4v) is 3.33. The molecule has 3 rings (SSSR count). The Morgan fingerprint density at radius 1 is 1.15 bits per heavy atom. The van der Waals surface area contributed by atoms with Gasteiger partial charge in [0.1, 0.15) is 0 Å². The van der Waals surface area contributed by atoms with Crippen LogP contribution in [0.15, 0.2) is 48.5 Å². The second kappa shape index (κ2) is 7.44. The van der Waals surface area contributed by atoms with Crippen molar-refractivity contribution in [2.75, 3.05) is 23.3 Å². The molecule has 2 N–H and O–H groups in total. The summed E-state index contributed by atoms with van der Waals surface area (Å²) in [5.41, 5.74) is 5.17. The average Bonchev–Trinajstić information content (AvgIpc) is 2.62. The van der Waals surface area contributed by atoms with E-state index in [1.165, 1.54) is 29.7 Å². The van der Waals surface area contributed by atoms with Gasteiger partial charge in [-0.15, -0.1) is 0 Å². The Bertz CT molecular complexity index is 887. The lowest BCUT2D eigenvalue weighted by atomic mass is 9.95. The summed E-state index contributed by atoms with van der Waals surface area (Å²) in [5.74, 6) is -1.22. The Hall–Kier alpha value is -3.08. The Morgan fingerprint density at radius 2 is 1.92 bits per heavy atom. The zero-order valence-corrected chi connectivity index (χ0v) is 15.0. The monoisotopic (exact) mass is 350 g/mol. The van der Waals surface area contributed by atoms with Crippen molar-refractivity contribution >= 4 is 28.8 Å². The van der Waals surface area contributed by atoms with Crippen LogP contribution in [0.3, 0.4) is 0 Å². The number of carboxylic acids is 1. The molecule has 0 fully saturated rings. The summed E-state index contributed by atoms with van der Waals surface area (Å²) in [4.78, 5) is 24.9. The summed E-state index contributed by atoms with van der Waals surface area (Å²) in [5, 5.41) is 12.2. The van der Waals surface area contributed by atoms with Crippen LogP contribution in [0.1, 0.15) is 34.8 Å². The molecule has 134 valence electrons. The lowest BCUT2D eigenvalue weighted by Crippen LogP contribution is -2.30. The van der Waals surface area contributed by atoms with E-state index in [2.05, 4.69) is 35.3 Å². The van der Waals surface area contributed by atoms with Crippen molar-refractivity contribution in [2.45, 2.75) is 20.3 Å². The van der Waals surface area contributed by atoms with Gasteiger partial charge < -0.3 is 15.3 Å². The number of hydrogen-bond donors (Lipinski definition) is 2. The summed E-state index contributed by atoms with van der Waals surface area (Å²) >= 11 is 0. The highest BCUT2D eigenvalue weighted by molar-refractivity contribution is 5.98. The van der Waals surface area contributed by atoms with Crippen LogP contribution in [0.4, 0.5) is 11.4 Å². The summed E-state index contributed by atoms with van der Waals surface area (Å²) < 4.78 is 0. The van der Waals surface area contributed by atoms with Crippen LogP contribution in [0.25, 0.3) is 5.57 Å². The summed E-state index contributed by atoms with van der Waals surface area (Å²) in [7, 11) is 0. The number of rotatable bonds is 4. The van der Waals surface area contributed by atoms with E-state index in [4.69, 9.17) is 0 Å². The molecule has 2 aromatic carbocycles. The maximum atomic E-state index is 11.7. The van der Waals surface area contributed by atoms with E-state index in [9.17, 15) is 14.7 Å². The molecule has 26 heavy (non-hydrogen) atoms. The third kappa shape index (κ3) is 3.77. The molecule has 2 aromatic rings. The number of anilines is 2. The first-order valence-electron chi connectivity index (χ1n) is 8.60. The second-order valence-electron chi connectivity index (χ2n) is 6.46. The Morgan fingerprint density at radius 3 is 2.54 bits per heavy atom. The number of benzene rings is 2. The van der Waals surface area contributed by atoms with Crippen molar-refractivity contribution in [3.8, 4) is 0 Å². The molecule has 0 spiro atoms. The van der Waals surface area contributed by atoms with Crippen LogP contribution < -0.4 is 10.2 Å². The van der Waals surface area contributed by atoms with Crippen LogP contribution in [0.5, 0.6) is 0 Å². The van der Waals surface area contributed by atoms with Crippen molar-refractivity contribution in [1.29, 1.82) is 0 Å². The second-order valence-corrected chi connectivity index (χ2v) is 6.46. The van der Waals surface area contributed by atoms with E-state index < -0.39 is 5.97 Å². The van der Waals surface area contributed by atoms with Crippen molar-refractivity contribution in [1.82, 2.24) is 0 Å². The maximum absolute atomic E-state index is 11.7. The number of nitrogens with one attached hydrogen (secondary N) is 1.